The van der Waals surface area contributed by atoms with Gasteiger partial charge in [-0.2, -0.15) is 0 Å². The Bertz CT molecular complexity index is 2450. The summed E-state index contributed by atoms with van der Waals surface area (Å²) >= 11 is 0. The lowest BCUT2D eigenvalue weighted by Crippen LogP contribution is -2.49. The van der Waals surface area contributed by atoms with Crippen LogP contribution in [0.1, 0.15) is 60.5 Å². The molecule has 14 heteroatoms. The molecule has 2 aromatic heterocycles. The van der Waals surface area contributed by atoms with Gasteiger partial charge in [-0.1, -0.05) is 109 Å². The van der Waals surface area contributed by atoms with Crippen LogP contribution in [0.5, 0.6) is 0 Å². The molecule has 2 fully saturated rings. The van der Waals surface area contributed by atoms with Crippen LogP contribution in [0.15, 0.2) is 122 Å². The number of aromatic amines is 2. The number of amides is 4. The van der Waals surface area contributed by atoms with Crippen LogP contribution >= 0.6 is 0 Å². The van der Waals surface area contributed by atoms with Crippen LogP contribution in [0.25, 0.3) is 33.6 Å². The molecule has 0 unspecified atom stereocenters. The molecule has 2 saturated heterocycles. The molecular formula is C47H48N8O6. The Morgan fingerprint density at radius 3 is 1.46 bits per heavy atom. The minimum absolute atomic E-state index is 0.175. The van der Waals surface area contributed by atoms with Crippen LogP contribution in [0.4, 0.5) is 9.59 Å². The molecule has 0 saturated carbocycles. The van der Waals surface area contributed by atoms with E-state index in [4.69, 9.17) is 9.72 Å². The first-order chi connectivity index (χ1) is 29.7. The number of alkyl carbamates (subject to hydrolysis) is 1. The van der Waals surface area contributed by atoms with Crippen molar-refractivity contribution in [2.24, 2.45) is 0 Å². The predicted molar refractivity (Wildman–Crippen MR) is 229 cm³/mol. The highest BCUT2D eigenvalue weighted by Crippen LogP contribution is 2.35. The molecule has 4 aromatic carbocycles. The summed E-state index contributed by atoms with van der Waals surface area (Å²) in [4.78, 5) is 71.3. The first kappa shape index (κ1) is 40.6. The number of methoxy groups -OCH3 is 1. The number of carboxylic acid groups (broad SMARTS) is 1. The fourth-order valence-electron chi connectivity index (χ4n) is 8.47. The molecule has 4 heterocycles. The highest BCUT2D eigenvalue weighted by molar-refractivity contribution is 5.87. The lowest BCUT2D eigenvalue weighted by Gasteiger charge is -2.28. The maximum absolute atomic E-state index is 13.9. The Hall–Kier alpha value is -7.22. The molecule has 6 aromatic rings. The van der Waals surface area contributed by atoms with Crippen LogP contribution in [-0.4, -0.2) is 91.1 Å². The summed E-state index contributed by atoms with van der Waals surface area (Å²) in [6.45, 7) is 1.09. The van der Waals surface area contributed by atoms with E-state index in [1.54, 1.807) is 22.2 Å². The first-order valence-corrected chi connectivity index (χ1v) is 20.6. The van der Waals surface area contributed by atoms with Crippen LogP contribution in [0, 0.1) is 0 Å². The van der Waals surface area contributed by atoms with E-state index in [0.29, 0.717) is 31.2 Å². The topological polar surface area (TPSA) is 186 Å². The van der Waals surface area contributed by atoms with Crippen molar-refractivity contribution < 1.29 is 29.0 Å². The minimum atomic E-state index is -1.24. The predicted octanol–water partition coefficient (Wildman–Crippen LogP) is 7.31. The van der Waals surface area contributed by atoms with Gasteiger partial charge in [-0.05, 0) is 59.1 Å². The first-order valence-electron chi connectivity index (χ1n) is 20.6. The van der Waals surface area contributed by atoms with Gasteiger partial charge in [-0.25, -0.2) is 19.6 Å². The zero-order chi connectivity index (χ0) is 42.3. The number of nitrogens with one attached hydrogen (secondary N) is 4. The van der Waals surface area contributed by atoms with E-state index in [1.807, 2.05) is 84.9 Å². The fourth-order valence-corrected chi connectivity index (χ4v) is 8.47. The zero-order valence-electron chi connectivity index (χ0n) is 33.8. The van der Waals surface area contributed by atoms with Crippen molar-refractivity contribution in [3.8, 4) is 33.6 Å². The molecular weight excluding hydrogens is 773 g/mol. The van der Waals surface area contributed by atoms with Crippen molar-refractivity contribution in [2.45, 2.75) is 62.7 Å². The van der Waals surface area contributed by atoms with Crippen LogP contribution in [0.3, 0.4) is 0 Å². The van der Waals surface area contributed by atoms with Crippen LogP contribution in [-0.2, 0) is 27.2 Å². The van der Waals surface area contributed by atoms with E-state index in [0.717, 1.165) is 70.5 Å². The normalized spacial score (nSPS) is 17.1. The second kappa shape index (κ2) is 18.4. The van der Waals surface area contributed by atoms with Gasteiger partial charge >= 0.3 is 12.2 Å². The molecule has 8 rings (SSSR count). The smallest absolute Gasteiger partial charge is 0.407 e. The Morgan fingerprint density at radius 1 is 0.639 bits per heavy atom. The fraction of sp³-hybridized carbons (Fsp3) is 0.277. The summed E-state index contributed by atoms with van der Waals surface area (Å²) in [5.74, 6) is 0.937. The molecule has 0 radical (unpaired) electrons. The molecule has 2 aliphatic rings. The van der Waals surface area contributed by atoms with Crippen molar-refractivity contribution in [3.63, 3.8) is 0 Å². The monoisotopic (exact) mass is 820 g/mol. The number of likely N-dealkylation sites (tertiary alicyclic amines) is 2. The Balaban J connectivity index is 0.913. The third-order valence-electron chi connectivity index (χ3n) is 11.6. The highest BCUT2D eigenvalue weighted by atomic mass is 16.5. The van der Waals surface area contributed by atoms with E-state index in [1.165, 1.54) is 7.11 Å². The quantitative estimate of drug-likeness (QED) is 0.0803. The molecule has 5 N–H and O–H groups in total. The lowest BCUT2D eigenvalue weighted by molar-refractivity contribution is -0.135. The maximum Gasteiger partial charge on any atom is 0.407 e. The molecule has 0 spiro atoms. The standard InChI is InChI=1S/C47H48N8O6/c1-61-47(60)53-37(27-31-12-6-3-7-13-31)45(57)55-25-9-15-41(55)43-49-29-39(51-43)35-22-18-33(19-23-35)32-16-20-34(21-17-32)38-28-48-42(50-38)40-14-8-24-54(40)44(56)36(52-46(58)59)26-30-10-4-2-5-11-30/h2-7,10-13,16-23,28-29,36-37,40-41,52H,8-9,14-15,24-27H2,1H3,(H,48,50)(H,49,51)(H,53,60)(H,58,59)/t36-,37-,40+,41+/m1/s1. The van der Waals surface area contributed by atoms with Gasteiger partial charge in [-0.15, -0.1) is 0 Å². The number of nitrogens with zero attached hydrogens (tertiary/aromatic N) is 4. The van der Waals surface area contributed by atoms with Crippen molar-refractivity contribution in [3.05, 3.63) is 144 Å². The van der Waals surface area contributed by atoms with Crippen LogP contribution < -0.4 is 10.6 Å². The SMILES string of the molecule is COC(=O)N[C@H](Cc1ccccc1)C(=O)N1CCC[C@H]1c1ncc(-c2ccc(-c3ccc(-c4cnc([C@@H]5CCCN5C(=O)[C@@H](Cc5ccccc5)NC(=O)O)[nH]4)cc3)cc2)[nH]1. The maximum atomic E-state index is 13.9. The molecule has 4 atom stereocenters. The Labute approximate surface area is 353 Å². The second-order valence-electron chi connectivity index (χ2n) is 15.5. The molecule has 2 aliphatic heterocycles. The van der Waals surface area contributed by atoms with Gasteiger partial charge in [0, 0.05) is 25.9 Å². The van der Waals surface area contributed by atoms with E-state index < -0.39 is 24.3 Å². The van der Waals surface area contributed by atoms with Gasteiger partial charge in [0.1, 0.15) is 23.7 Å². The van der Waals surface area contributed by atoms with Crippen LogP contribution in [0.2, 0.25) is 0 Å². The van der Waals surface area contributed by atoms with E-state index in [9.17, 15) is 24.3 Å². The number of aromatic nitrogens is 4. The number of hydrogen-bond donors (Lipinski definition) is 5. The number of ether oxygens (including phenoxy) is 1. The van der Waals surface area contributed by atoms with Gasteiger partial charge in [0.15, 0.2) is 0 Å². The average Bonchev–Trinajstić information content (AvgIpc) is 4.14. The number of H-pyrrole nitrogens is 2. The van der Waals surface area contributed by atoms with Crippen molar-refractivity contribution in [2.75, 3.05) is 20.2 Å². The Morgan fingerprint density at radius 2 is 1.05 bits per heavy atom. The lowest BCUT2D eigenvalue weighted by atomic mass is 10.0. The number of hydrogen-bond acceptors (Lipinski definition) is 7. The number of carbonyl (C=O) groups excluding carboxylic acids is 3. The summed E-state index contributed by atoms with van der Waals surface area (Å²) < 4.78 is 4.84. The number of carbonyl (C=O) groups is 4. The van der Waals surface area contributed by atoms with Crippen molar-refractivity contribution >= 4 is 24.0 Å². The summed E-state index contributed by atoms with van der Waals surface area (Å²) in [5.41, 5.74) is 7.45. The number of imidazole rings is 2. The largest absolute Gasteiger partial charge is 0.465 e. The second-order valence-corrected chi connectivity index (χ2v) is 15.5. The van der Waals surface area contributed by atoms with Gasteiger partial charge in [0.2, 0.25) is 11.8 Å². The molecule has 14 nitrogen and oxygen atoms in total. The van der Waals surface area contributed by atoms with Crippen molar-refractivity contribution in [1.82, 2.24) is 40.4 Å². The third kappa shape index (κ3) is 9.33. The van der Waals surface area contributed by atoms with Gasteiger partial charge in [-0.3, -0.25) is 9.59 Å². The van der Waals surface area contributed by atoms with Crippen molar-refractivity contribution in [1.29, 1.82) is 0 Å². The Kier molecular flexibility index (Phi) is 12.2. The van der Waals surface area contributed by atoms with Gasteiger partial charge < -0.3 is 40.2 Å². The summed E-state index contributed by atoms with van der Waals surface area (Å²) in [6.07, 6.45) is 5.38. The van der Waals surface area contributed by atoms with E-state index >= 15 is 0 Å². The number of benzene rings is 4. The summed E-state index contributed by atoms with van der Waals surface area (Å²) in [5, 5.41) is 14.7. The molecule has 4 amide bonds. The third-order valence-corrected chi connectivity index (χ3v) is 11.6. The molecule has 61 heavy (non-hydrogen) atoms. The molecule has 0 aliphatic carbocycles. The average molecular weight is 821 g/mol. The van der Waals surface area contributed by atoms with E-state index in [-0.39, 0.29) is 30.3 Å². The summed E-state index contributed by atoms with van der Waals surface area (Å²) in [7, 11) is 1.29. The minimum Gasteiger partial charge on any atom is -0.465 e. The molecule has 0 bridgehead atoms. The van der Waals surface area contributed by atoms with E-state index in [2.05, 4.69) is 49.9 Å². The summed E-state index contributed by atoms with van der Waals surface area (Å²) in [6, 6.07) is 33.2. The zero-order valence-corrected chi connectivity index (χ0v) is 33.8. The highest BCUT2D eigenvalue weighted by Gasteiger charge is 2.38. The number of rotatable bonds is 13. The molecule has 312 valence electrons. The van der Waals surface area contributed by atoms with Gasteiger partial charge in [0.25, 0.3) is 0 Å². The van der Waals surface area contributed by atoms with Gasteiger partial charge in [0.05, 0.1) is 43.0 Å².